The van der Waals surface area contributed by atoms with Crippen LogP contribution in [0.2, 0.25) is 0 Å². The molecule has 0 spiro atoms. The lowest BCUT2D eigenvalue weighted by molar-refractivity contribution is 0.102. The first-order valence-electron chi connectivity index (χ1n) is 4.88. The molecular weight excluding hydrogens is 274 g/mol. The third-order valence-corrected chi connectivity index (χ3v) is 3.44. The van der Waals surface area contributed by atoms with Gasteiger partial charge in [-0.25, -0.2) is 0 Å². The lowest BCUT2D eigenvalue weighted by Crippen LogP contribution is -2.25. The van der Waals surface area contributed by atoms with Crippen LogP contribution in [0.3, 0.4) is 0 Å². The monoisotopic (exact) mass is 283 g/mol. The van der Waals surface area contributed by atoms with Gasteiger partial charge in [-0.3, -0.25) is 19.1 Å². The van der Waals surface area contributed by atoms with E-state index in [0.29, 0.717) is 5.00 Å². The van der Waals surface area contributed by atoms with Gasteiger partial charge in [-0.1, -0.05) is 0 Å². The SMILES string of the molecule is Cn1c(O)c(C(=O)Nc2cccs2)c(=O)[nH]c1=S. The number of anilines is 1. The smallest absolute Gasteiger partial charge is 0.268 e. The van der Waals surface area contributed by atoms with Gasteiger partial charge in [0.1, 0.15) is 0 Å². The van der Waals surface area contributed by atoms with Crippen LogP contribution >= 0.6 is 23.6 Å². The van der Waals surface area contributed by atoms with E-state index in [0.717, 1.165) is 4.57 Å². The summed E-state index contributed by atoms with van der Waals surface area (Å²) in [7, 11) is 1.45. The fourth-order valence-electron chi connectivity index (χ4n) is 1.34. The van der Waals surface area contributed by atoms with E-state index in [2.05, 4.69) is 10.3 Å². The molecule has 2 aromatic rings. The molecule has 0 aliphatic rings. The first kappa shape index (κ1) is 12.5. The van der Waals surface area contributed by atoms with Crippen molar-refractivity contribution >= 4 is 34.5 Å². The van der Waals surface area contributed by atoms with E-state index in [-0.39, 0.29) is 10.3 Å². The molecule has 3 N–H and O–H groups in total. The predicted octanol–water partition coefficient (Wildman–Crippen LogP) is 1.46. The van der Waals surface area contributed by atoms with Crippen molar-refractivity contribution in [2.24, 2.45) is 7.05 Å². The zero-order chi connectivity index (χ0) is 13.3. The topological polar surface area (TPSA) is 87.1 Å². The van der Waals surface area contributed by atoms with E-state index in [1.807, 2.05) is 0 Å². The Labute approximate surface area is 111 Å². The van der Waals surface area contributed by atoms with Crippen molar-refractivity contribution in [3.63, 3.8) is 0 Å². The van der Waals surface area contributed by atoms with Gasteiger partial charge in [0.05, 0.1) is 5.00 Å². The number of hydrogen-bond acceptors (Lipinski definition) is 5. The van der Waals surface area contributed by atoms with Crippen molar-refractivity contribution in [1.82, 2.24) is 9.55 Å². The number of carbonyl (C=O) groups is 1. The summed E-state index contributed by atoms with van der Waals surface area (Å²) in [5.41, 5.74) is -1.08. The molecule has 2 rings (SSSR count). The minimum absolute atomic E-state index is 0.0465. The number of carbonyl (C=O) groups excluding carboxylic acids is 1. The molecule has 0 unspecified atom stereocenters. The van der Waals surface area contributed by atoms with E-state index < -0.39 is 17.3 Å². The standard InChI is InChI=1S/C10H9N3O3S2/c1-13-9(16)6(8(15)12-10(13)17)7(14)11-5-3-2-4-18-5/h2-4,16H,1H3,(H,11,14)(H,12,15,17). The van der Waals surface area contributed by atoms with Crippen LogP contribution in [0.25, 0.3) is 0 Å². The highest BCUT2D eigenvalue weighted by Gasteiger charge is 2.19. The normalized spacial score (nSPS) is 10.3. The number of amides is 1. The second-order valence-electron chi connectivity index (χ2n) is 3.45. The summed E-state index contributed by atoms with van der Waals surface area (Å²) >= 11 is 6.12. The molecule has 2 heterocycles. The first-order valence-corrected chi connectivity index (χ1v) is 6.16. The summed E-state index contributed by atoms with van der Waals surface area (Å²) < 4.78 is 1.20. The molecule has 0 bridgehead atoms. The van der Waals surface area contributed by atoms with Crippen molar-refractivity contribution in [3.8, 4) is 5.88 Å². The minimum atomic E-state index is -0.718. The van der Waals surface area contributed by atoms with Crippen LogP contribution in [0.15, 0.2) is 22.3 Å². The number of H-pyrrole nitrogens is 1. The van der Waals surface area contributed by atoms with Crippen LogP contribution in [0.5, 0.6) is 5.88 Å². The Morgan fingerprint density at radius 1 is 1.61 bits per heavy atom. The summed E-state index contributed by atoms with van der Waals surface area (Å²) in [6.45, 7) is 0. The van der Waals surface area contributed by atoms with Gasteiger partial charge in [0.15, 0.2) is 10.3 Å². The van der Waals surface area contributed by atoms with Crippen molar-refractivity contribution in [2.45, 2.75) is 0 Å². The number of aromatic hydroxyl groups is 1. The van der Waals surface area contributed by atoms with Gasteiger partial charge in [0, 0.05) is 7.05 Å². The Balaban J connectivity index is 2.46. The summed E-state index contributed by atoms with van der Waals surface area (Å²) in [6, 6.07) is 3.45. The second kappa shape index (κ2) is 4.75. The van der Waals surface area contributed by atoms with E-state index in [9.17, 15) is 14.7 Å². The fraction of sp³-hybridized carbons (Fsp3) is 0.100. The van der Waals surface area contributed by atoms with Crippen LogP contribution in [0.4, 0.5) is 5.00 Å². The summed E-state index contributed by atoms with van der Waals surface area (Å²) in [5.74, 6) is -1.14. The third kappa shape index (κ3) is 2.20. The predicted molar refractivity (Wildman–Crippen MR) is 70.8 cm³/mol. The second-order valence-corrected chi connectivity index (χ2v) is 4.78. The molecule has 0 fully saturated rings. The number of nitrogens with one attached hydrogen (secondary N) is 2. The van der Waals surface area contributed by atoms with E-state index in [1.165, 1.54) is 18.4 Å². The number of thiophene rings is 1. The quantitative estimate of drug-likeness (QED) is 0.728. The van der Waals surface area contributed by atoms with Crippen molar-refractivity contribution < 1.29 is 9.90 Å². The Morgan fingerprint density at radius 3 is 2.94 bits per heavy atom. The lowest BCUT2D eigenvalue weighted by atomic mass is 10.3. The zero-order valence-corrected chi connectivity index (χ0v) is 10.9. The van der Waals surface area contributed by atoms with Crippen LogP contribution in [-0.4, -0.2) is 20.6 Å². The van der Waals surface area contributed by atoms with Crippen molar-refractivity contribution in [3.05, 3.63) is 38.2 Å². The van der Waals surface area contributed by atoms with Crippen molar-refractivity contribution in [2.75, 3.05) is 5.32 Å². The highest BCUT2D eigenvalue weighted by molar-refractivity contribution is 7.71. The number of rotatable bonds is 2. The van der Waals surface area contributed by atoms with Gasteiger partial charge in [-0.2, -0.15) is 0 Å². The van der Waals surface area contributed by atoms with E-state index >= 15 is 0 Å². The molecule has 2 aromatic heterocycles. The molecular formula is C10H9N3O3S2. The zero-order valence-electron chi connectivity index (χ0n) is 9.26. The fourth-order valence-corrected chi connectivity index (χ4v) is 2.13. The van der Waals surface area contributed by atoms with Gasteiger partial charge >= 0.3 is 0 Å². The van der Waals surface area contributed by atoms with Crippen LogP contribution < -0.4 is 10.9 Å². The Bertz CT molecular complexity index is 700. The lowest BCUT2D eigenvalue weighted by Gasteiger charge is -2.07. The maximum atomic E-state index is 11.9. The third-order valence-electron chi connectivity index (χ3n) is 2.28. The summed E-state index contributed by atoms with van der Waals surface area (Å²) in [4.78, 5) is 25.8. The minimum Gasteiger partial charge on any atom is -0.494 e. The van der Waals surface area contributed by atoms with Crippen molar-refractivity contribution in [1.29, 1.82) is 0 Å². The van der Waals surface area contributed by atoms with Gasteiger partial charge in [-0.15, -0.1) is 11.3 Å². The van der Waals surface area contributed by atoms with Gasteiger partial charge in [0.2, 0.25) is 5.88 Å². The number of hydrogen-bond donors (Lipinski definition) is 3. The molecule has 6 nitrogen and oxygen atoms in total. The van der Waals surface area contributed by atoms with Crippen LogP contribution in [-0.2, 0) is 7.05 Å². The average Bonchev–Trinajstić information content (AvgIpc) is 2.78. The Morgan fingerprint density at radius 2 is 2.33 bits per heavy atom. The van der Waals surface area contributed by atoms with E-state index in [4.69, 9.17) is 12.2 Å². The molecule has 0 aliphatic heterocycles. The molecule has 0 radical (unpaired) electrons. The molecule has 0 saturated carbocycles. The van der Waals surface area contributed by atoms with Crippen LogP contribution in [0.1, 0.15) is 10.4 Å². The average molecular weight is 283 g/mol. The first-order chi connectivity index (χ1) is 8.50. The maximum absolute atomic E-state index is 11.9. The Kier molecular flexibility index (Phi) is 3.30. The van der Waals surface area contributed by atoms with E-state index in [1.54, 1.807) is 17.5 Å². The molecule has 8 heteroatoms. The van der Waals surface area contributed by atoms with Crippen LogP contribution in [0, 0.1) is 4.77 Å². The highest BCUT2D eigenvalue weighted by atomic mass is 32.1. The molecule has 0 aliphatic carbocycles. The molecule has 0 aromatic carbocycles. The van der Waals surface area contributed by atoms with Gasteiger partial charge in [-0.05, 0) is 29.7 Å². The molecule has 1 amide bonds. The molecule has 0 saturated heterocycles. The largest absolute Gasteiger partial charge is 0.494 e. The molecule has 0 atom stereocenters. The highest BCUT2D eigenvalue weighted by Crippen LogP contribution is 2.18. The summed E-state index contributed by atoms with van der Waals surface area (Å²) in [5, 5.41) is 14.7. The number of aromatic nitrogens is 2. The maximum Gasteiger partial charge on any atom is 0.268 e. The summed E-state index contributed by atoms with van der Waals surface area (Å²) in [6.07, 6.45) is 0. The molecule has 94 valence electrons. The van der Waals surface area contributed by atoms with Gasteiger partial charge in [0.25, 0.3) is 11.5 Å². The number of aromatic amines is 1. The Hall–Kier alpha value is -1.93. The molecule has 18 heavy (non-hydrogen) atoms. The number of nitrogens with zero attached hydrogens (tertiary/aromatic N) is 1. The van der Waals surface area contributed by atoms with Gasteiger partial charge < -0.3 is 10.4 Å².